The summed E-state index contributed by atoms with van der Waals surface area (Å²) in [4.78, 5) is 16.6. The summed E-state index contributed by atoms with van der Waals surface area (Å²) in [6.45, 7) is 4.30. The largest absolute Gasteiger partial charge is 0.410 e. The maximum atomic E-state index is 12.2. The van der Waals surface area contributed by atoms with E-state index in [0.29, 0.717) is 16.9 Å². The fourth-order valence-electron chi connectivity index (χ4n) is 2.96. The number of thiophene rings is 2. The van der Waals surface area contributed by atoms with Crippen molar-refractivity contribution in [1.82, 2.24) is 10.2 Å². The maximum Gasteiger partial charge on any atom is 0.277 e. The van der Waals surface area contributed by atoms with Crippen LogP contribution in [0.5, 0.6) is 0 Å². The zero-order chi connectivity index (χ0) is 17.4. The average Bonchev–Trinajstić information content (AvgIpc) is 3.30. The van der Waals surface area contributed by atoms with Gasteiger partial charge in [0.05, 0.1) is 15.5 Å². The highest BCUT2D eigenvalue weighted by Gasteiger charge is 2.21. The number of fused-ring (bicyclic) bond motifs is 1. The molecule has 7 heteroatoms. The third-order valence-corrected chi connectivity index (χ3v) is 7.37. The highest BCUT2D eigenvalue weighted by molar-refractivity contribution is 7.99. The molecule has 0 aromatic carbocycles. The van der Waals surface area contributed by atoms with Gasteiger partial charge in [-0.25, -0.2) is 0 Å². The van der Waals surface area contributed by atoms with E-state index in [0.717, 1.165) is 33.4 Å². The van der Waals surface area contributed by atoms with Gasteiger partial charge in [0.2, 0.25) is 0 Å². The van der Waals surface area contributed by atoms with Crippen LogP contribution in [0.2, 0.25) is 0 Å². The molecule has 0 N–H and O–H groups in total. The Labute approximate surface area is 158 Å². The number of hydrogen-bond donors (Lipinski definition) is 0. The highest BCUT2D eigenvalue weighted by atomic mass is 32.2. The van der Waals surface area contributed by atoms with E-state index in [-0.39, 0.29) is 5.78 Å². The van der Waals surface area contributed by atoms with Gasteiger partial charge in [0, 0.05) is 9.75 Å². The van der Waals surface area contributed by atoms with Crippen LogP contribution in [0.4, 0.5) is 0 Å². The van der Waals surface area contributed by atoms with Crippen LogP contribution < -0.4 is 0 Å². The zero-order valence-corrected chi connectivity index (χ0v) is 16.5. The van der Waals surface area contributed by atoms with Crippen molar-refractivity contribution in [1.29, 1.82) is 0 Å². The summed E-state index contributed by atoms with van der Waals surface area (Å²) in [7, 11) is 0. The highest BCUT2D eigenvalue weighted by Crippen LogP contribution is 2.37. The van der Waals surface area contributed by atoms with Gasteiger partial charge in [0.25, 0.3) is 11.1 Å². The summed E-state index contributed by atoms with van der Waals surface area (Å²) < 4.78 is 5.77. The van der Waals surface area contributed by atoms with Gasteiger partial charge in [-0.3, -0.25) is 4.79 Å². The van der Waals surface area contributed by atoms with Crippen molar-refractivity contribution in [2.45, 2.75) is 38.3 Å². The molecule has 4 nitrogen and oxygen atoms in total. The number of hydrogen-bond acceptors (Lipinski definition) is 7. The van der Waals surface area contributed by atoms with E-state index >= 15 is 0 Å². The van der Waals surface area contributed by atoms with Gasteiger partial charge in [0.1, 0.15) is 0 Å². The summed E-state index contributed by atoms with van der Waals surface area (Å²) in [5, 5.41) is 8.71. The molecule has 3 aromatic heterocycles. The van der Waals surface area contributed by atoms with Crippen molar-refractivity contribution in [3.05, 3.63) is 38.4 Å². The monoisotopic (exact) mass is 390 g/mol. The van der Waals surface area contributed by atoms with Crippen molar-refractivity contribution >= 4 is 40.2 Å². The van der Waals surface area contributed by atoms with Crippen LogP contribution >= 0.6 is 34.4 Å². The second kappa shape index (κ2) is 7.05. The van der Waals surface area contributed by atoms with Crippen LogP contribution in [-0.2, 0) is 12.8 Å². The molecular weight excluding hydrogens is 372 g/mol. The van der Waals surface area contributed by atoms with E-state index in [1.807, 2.05) is 19.1 Å². The second-order valence-corrected chi connectivity index (χ2v) is 9.75. The standard InChI is InChI=1S/C18H18N2O2S3/c1-10-3-5-14-12(7-10)8-16(25-14)17-19-20-18(22-17)23-9-13(21)15-6-4-11(2)24-15/h4,6,8,10H,3,5,7,9H2,1-2H3/t10-/m0/s1. The number of Topliss-reactive ketones (excluding diaryl/α,β-unsaturated/α-hetero) is 1. The van der Waals surface area contributed by atoms with E-state index in [1.165, 1.54) is 40.0 Å². The molecule has 3 heterocycles. The summed E-state index contributed by atoms with van der Waals surface area (Å²) in [5.41, 5.74) is 1.43. The number of thioether (sulfide) groups is 1. The molecular formula is C18H18N2O2S3. The molecule has 3 aromatic rings. The number of rotatable bonds is 5. The van der Waals surface area contributed by atoms with E-state index < -0.39 is 0 Å². The molecule has 1 aliphatic carbocycles. The van der Waals surface area contributed by atoms with Gasteiger partial charge in [-0.2, -0.15) is 0 Å². The minimum absolute atomic E-state index is 0.100. The number of aryl methyl sites for hydroxylation is 2. The first-order valence-corrected chi connectivity index (χ1v) is 10.9. The SMILES string of the molecule is Cc1ccc(C(=O)CSc2nnc(-c3cc4c(s3)CC[C@H](C)C4)o2)s1. The Hall–Kier alpha value is -1.44. The lowest BCUT2D eigenvalue weighted by Crippen LogP contribution is -2.07. The molecule has 4 rings (SSSR count). The second-order valence-electron chi connectivity index (χ2n) is 6.40. The number of nitrogens with zero attached hydrogens (tertiary/aromatic N) is 2. The van der Waals surface area contributed by atoms with E-state index in [9.17, 15) is 4.79 Å². The van der Waals surface area contributed by atoms with Crippen molar-refractivity contribution in [3.63, 3.8) is 0 Å². The third kappa shape index (κ3) is 3.73. The molecule has 0 aliphatic heterocycles. The van der Waals surface area contributed by atoms with Crippen molar-refractivity contribution in [3.8, 4) is 10.8 Å². The minimum atomic E-state index is 0.100. The molecule has 0 radical (unpaired) electrons. The predicted octanol–water partition coefficient (Wildman–Crippen LogP) is 5.27. The minimum Gasteiger partial charge on any atom is -0.410 e. The average molecular weight is 391 g/mol. The Morgan fingerprint density at radius 3 is 3.04 bits per heavy atom. The predicted molar refractivity (Wildman–Crippen MR) is 103 cm³/mol. The Bertz CT molecular complexity index is 909. The number of carbonyl (C=O) groups is 1. The van der Waals surface area contributed by atoms with Crippen molar-refractivity contribution < 1.29 is 9.21 Å². The molecule has 0 saturated carbocycles. The fraction of sp³-hybridized carbons (Fsp3) is 0.389. The smallest absolute Gasteiger partial charge is 0.277 e. The Balaban J connectivity index is 1.43. The lowest BCUT2D eigenvalue weighted by molar-refractivity contribution is 0.102. The van der Waals surface area contributed by atoms with Gasteiger partial charge in [-0.1, -0.05) is 18.7 Å². The summed E-state index contributed by atoms with van der Waals surface area (Å²) in [6, 6.07) is 6.03. The normalized spacial score (nSPS) is 16.8. The summed E-state index contributed by atoms with van der Waals surface area (Å²) in [6.07, 6.45) is 3.53. The molecule has 1 atom stereocenters. The maximum absolute atomic E-state index is 12.2. The number of aromatic nitrogens is 2. The zero-order valence-electron chi connectivity index (χ0n) is 14.1. The molecule has 0 saturated heterocycles. The van der Waals surface area contributed by atoms with Crippen molar-refractivity contribution in [2.24, 2.45) is 5.92 Å². The quantitative estimate of drug-likeness (QED) is 0.439. The van der Waals surface area contributed by atoms with Gasteiger partial charge in [-0.05, 0) is 55.9 Å². The fourth-order valence-corrected chi connectivity index (χ4v) is 5.63. The molecule has 0 spiro atoms. The third-order valence-electron chi connectivity index (χ3n) is 4.29. The van der Waals surface area contributed by atoms with Crippen molar-refractivity contribution in [2.75, 3.05) is 5.75 Å². The van der Waals surface area contributed by atoms with Crippen LogP contribution in [0.3, 0.4) is 0 Å². The molecule has 0 amide bonds. The topological polar surface area (TPSA) is 56.0 Å². The van der Waals surface area contributed by atoms with Crippen LogP contribution in [0, 0.1) is 12.8 Å². The number of ketones is 1. The van der Waals surface area contributed by atoms with E-state index in [1.54, 1.807) is 11.3 Å². The number of carbonyl (C=O) groups excluding carboxylic acids is 1. The van der Waals surface area contributed by atoms with Gasteiger partial charge < -0.3 is 4.42 Å². The van der Waals surface area contributed by atoms with Gasteiger partial charge in [0.15, 0.2) is 5.78 Å². The molecule has 0 bridgehead atoms. The van der Waals surface area contributed by atoms with Crippen LogP contribution in [-0.4, -0.2) is 21.7 Å². The first-order valence-electron chi connectivity index (χ1n) is 8.26. The molecule has 130 valence electrons. The lowest BCUT2D eigenvalue weighted by Gasteiger charge is -2.16. The van der Waals surface area contributed by atoms with E-state index in [4.69, 9.17) is 4.42 Å². The summed E-state index contributed by atoms with van der Waals surface area (Å²) >= 11 is 4.58. The van der Waals surface area contributed by atoms with Crippen LogP contribution in [0.1, 0.15) is 38.3 Å². The first-order chi connectivity index (χ1) is 12.1. The van der Waals surface area contributed by atoms with E-state index in [2.05, 4.69) is 23.2 Å². The lowest BCUT2D eigenvalue weighted by atomic mass is 9.90. The Morgan fingerprint density at radius 2 is 2.24 bits per heavy atom. The molecule has 0 fully saturated rings. The summed E-state index contributed by atoms with van der Waals surface area (Å²) in [5.74, 6) is 1.73. The van der Waals surface area contributed by atoms with Gasteiger partial charge in [-0.15, -0.1) is 32.9 Å². The Kier molecular flexibility index (Phi) is 4.80. The Morgan fingerprint density at radius 1 is 1.36 bits per heavy atom. The van der Waals surface area contributed by atoms with Gasteiger partial charge >= 0.3 is 0 Å². The van der Waals surface area contributed by atoms with Crippen LogP contribution in [0.15, 0.2) is 27.8 Å². The molecule has 25 heavy (non-hydrogen) atoms. The first kappa shape index (κ1) is 17.0. The molecule has 0 unspecified atom stereocenters. The molecule has 1 aliphatic rings. The van der Waals surface area contributed by atoms with Crippen LogP contribution in [0.25, 0.3) is 10.8 Å².